The van der Waals surface area contributed by atoms with Gasteiger partial charge in [0.1, 0.15) is 5.75 Å². The molecule has 2 unspecified atom stereocenters. The Hall–Kier alpha value is -4.20. The summed E-state index contributed by atoms with van der Waals surface area (Å²) in [7, 11) is 3.26. The summed E-state index contributed by atoms with van der Waals surface area (Å²) in [5.41, 5.74) is 5.41. The molecule has 0 fully saturated rings. The van der Waals surface area contributed by atoms with Crippen molar-refractivity contribution in [3.05, 3.63) is 102 Å². The quantitative estimate of drug-likeness (QED) is 0.192. The number of aliphatic hydroxyl groups excluding tert-OH is 2. The third-order valence-electron chi connectivity index (χ3n) is 6.89. The van der Waals surface area contributed by atoms with Crippen molar-refractivity contribution in [2.24, 2.45) is 7.05 Å². The lowest BCUT2D eigenvalue weighted by atomic mass is 9.94. The molecule has 0 spiro atoms. The van der Waals surface area contributed by atoms with Crippen molar-refractivity contribution < 1.29 is 28.9 Å². The van der Waals surface area contributed by atoms with Crippen LogP contribution >= 0.6 is 0 Å². The van der Waals surface area contributed by atoms with E-state index in [1.165, 1.54) is 13.2 Å². The van der Waals surface area contributed by atoms with Crippen molar-refractivity contribution in [3.8, 4) is 33.9 Å². The lowest BCUT2D eigenvalue weighted by molar-refractivity contribution is -0.143. The number of hydrogen-bond acceptors (Lipinski definition) is 5. The monoisotopic (exact) mass is 557 g/mol. The molecule has 1 aromatic heterocycles. The maximum atomic E-state index is 15.0. The van der Waals surface area contributed by atoms with Crippen LogP contribution in [0.25, 0.3) is 28.5 Å². The molecule has 3 aromatic carbocycles. The molecule has 4 rings (SSSR count). The molecule has 0 saturated heterocycles. The molecule has 0 aliphatic heterocycles. The van der Waals surface area contributed by atoms with Gasteiger partial charge >= 0.3 is 5.97 Å². The maximum Gasteiger partial charge on any atom is 0.308 e. The van der Waals surface area contributed by atoms with Gasteiger partial charge in [-0.25, -0.2) is 4.39 Å². The molecule has 2 atom stereocenters. The molecule has 0 bridgehead atoms. The van der Waals surface area contributed by atoms with Gasteiger partial charge in [-0.1, -0.05) is 80.6 Å². The highest BCUT2D eigenvalue weighted by Crippen LogP contribution is 2.43. The summed E-state index contributed by atoms with van der Waals surface area (Å²) in [6.45, 7) is 4.19. The van der Waals surface area contributed by atoms with E-state index in [0.29, 0.717) is 5.75 Å². The highest BCUT2D eigenvalue weighted by Gasteiger charge is 2.25. The van der Waals surface area contributed by atoms with Crippen molar-refractivity contribution >= 4 is 12.0 Å². The van der Waals surface area contributed by atoms with E-state index in [0.717, 1.165) is 33.6 Å². The second-order valence-electron chi connectivity index (χ2n) is 10.3. The van der Waals surface area contributed by atoms with Crippen LogP contribution in [-0.4, -0.2) is 40.1 Å². The predicted molar refractivity (Wildman–Crippen MR) is 159 cm³/mol. The van der Waals surface area contributed by atoms with Crippen LogP contribution < -0.4 is 4.74 Å². The number of hydrogen-bond donors (Lipinski definition) is 2. The maximum absolute atomic E-state index is 15.0. The highest BCUT2D eigenvalue weighted by molar-refractivity contribution is 5.90. The first-order valence-electron chi connectivity index (χ1n) is 13.6. The summed E-state index contributed by atoms with van der Waals surface area (Å²) in [6.07, 6.45) is 1.18. The van der Waals surface area contributed by atoms with E-state index in [-0.39, 0.29) is 24.5 Å². The normalized spacial score (nSPS) is 13.0. The Bertz CT molecular complexity index is 1490. The number of carbonyl (C=O) groups excluding carboxylic acids is 1. The van der Waals surface area contributed by atoms with Crippen molar-refractivity contribution in [2.45, 2.75) is 44.8 Å². The van der Waals surface area contributed by atoms with E-state index >= 15 is 0 Å². The molecule has 6 nitrogen and oxygen atoms in total. The van der Waals surface area contributed by atoms with Gasteiger partial charge in [0.15, 0.2) is 11.6 Å². The van der Waals surface area contributed by atoms with Gasteiger partial charge in [0.05, 0.1) is 31.4 Å². The number of nitrogens with zero attached hydrogens (tertiary/aromatic N) is 1. The molecule has 41 heavy (non-hydrogen) atoms. The average molecular weight is 558 g/mol. The smallest absolute Gasteiger partial charge is 0.308 e. The number of benzene rings is 3. The molecule has 0 amide bonds. The summed E-state index contributed by atoms with van der Waals surface area (Å²) in [5, 5.41) is 20.9. The number of ether oxygens (including phenoxy) is 2. The minimum atomic E-state index is -1.04. The van der Waals surface area contributed by atoms with E-state index in [2.05, 4.69) is 23.2 Å². The Morgan fingerprint density at radius 3 is 2.27 bits per heavy atom. The van der Waals surface area contributed by atoms with Gasteiger partial charge < -0.3 is 24.3 Å². The van der Waals surface area contributed by atoms with Gasteiger partial charge in [-0.3, -0.25) is 4.79 Å². The fraction of sp³-hybridized carbons (Fsp3) is 0.265. The van der Waals surface area contributed by atoms with Crippen LogP contribution in [0, 0.1) is 5.82 Å². The van der Waals surface area contributed by atoms with E-state index < -0.39 is 24.0 Å². The fourth-order valence-electron chi connectivity index (χ4n) is 5.09. The molecule has 0 aliphatic carbocycles. The number of halogens is 1. The second kappa shape index (κ2) is 13.4. The van der Waals surface area contributed by atoms with Gasteiger partial charge in [0, 0.05) is 30.3 Å². The molecule has 4 aromatic rings. The van der Waals surface area contributed by atoms with Crippen molar-refractivity contribution in [2.75, 3.05) is 7.11 Å². The molecule has 2 N–H and O–H groups in total. The zero-order chi connectivity index (χ0) is 29.5. The first-order valence-corrected chi connectivity index (χ1v) is 13.6. The lowest BCUT2D eigenvalue weighted by Gasteiger charge is -2.13. The molecular formula is C34H36FNO5. The van der Waals surface area contributed by atoms with Crippen LogP contribution in [0.15, 0.2) is 84.9 Å². The fourth-order valence-corrected chi connectivity index (χ4v) is 5.09. The standard InChI is InChI=1S/C34H36FNO5/c1-22(2)33-28(17-16-25(37)20-26(38)21-31(39)40-4)32(34(36(33)3)23-11-7-5-8-12-23)24-15-18-29(35)30(19-24)41-27-13-9-6-10-14-27/h5-19,22,25-26,37-38H,20-21H2,1-4H3. The molecule has 1 heterocycles. The number of para-hydroxylation sites is 1. The Labute approximate surface area is 240 Å². The Morgan fingerprint density at radius 1 is 0.976 bits per heavy atom. The summed E-state index contributed by atoms with van der Waals surface area (Å²) in [5.74, 6) is -0.289. The minimum Gasteiger partial charge on any atom is -0.469 e. The molecular weight excluding hydrogens is 521 g/mol. The van der Waals surface area contributed by atoms with Crippen LogP contribution in [0.1, 0.15) is 43.9 Å². The first kappa shape index (κ1) is 29.8. The van der Waals surface area contributed by atoms with Crippen LogP contribution in [0.5, 0.6) is 11.5 Å². The molecule has 7 heteroatoms. The largest absolute Gasteiger partial charge is 0.469 e. The van der Waals surface area contributed by atoms with E-state index in [4.69, 9.17) is 4.74 Å². The third kappa shape index (κ3) is 7.12. The van der Waals surface area contributed by atoms with Gasteiger partial charge in [0.25, 0.3) is 0 Å². The predicted octanol–water partition coefficient (Wildman–Crippen LogP) is 7.10. The minimum absolute atomic E-state index is 0.0259. The lowest BCUT2D eigenvalue weighted by Crippen LogP contribution is -2.20. The zero-order valence-corrected chi connectivity index (χ0v) is 23.8. The van der Waals surface area contributed by atoms with Crippen LogP contribution in [-0.2, 0) is 16.6 Å². The van der Waals surface area contributed by atoms with Crippen LogP contribution in [0.3, 0.4) is 0 Å². The Morgan fingerprint density at radius 2 is 1.63 bits per heavy atom. The number of esters is 1. The number of carbonyl (C=O) groups is 1. The Balaban J connectivity index is 1.84. The van der Waals surface area contributed by atoms with Gasteiger partial charge in [-0.2, -0.15) is 0 Å². The second-order valence-corrected chi connectivity index (χ2v) is 10.3. The number of aromatic nitrogens is 1. The van der Waals surface area contributed by atoms with Gasteiger partial charge in [0.2, 0.25) is 0 Å². The third-order valence-corrected chi connectivity index (χ3v) is 6.89. The van der Waals surface area contributed by atoms with E-state index in [1.807, 2.05) is 61.7 Å². The highest BCUT2D eigenvalue weighted by atomic mass is 19.1. The SMILES string of the molecule is COC(=O)CC(O)CC(O)C=Cc1c(-c2ccc(F)c(Oc3ccccc3)c2)c(-c2ccccc2)n(C)c1C(C)C. The van der Waals surface area contributed by atoms with E-state index in [1.54, 1.807) is 30.3 Å². The molecule has 214 valence electrons. The first-order chi connectivity index (χ1) is 19.7. The number of rotatable bonds is 11. The molecule has 0 saturated carbocycles. The van der Waals surface area contributed by atoms with Crippen molar-refractivity contribution in [1.82, 2.24) is 4.57 Å². The summed E-state index contributed by atoms with van der Waals surface area (Å²) < 4.78 is 27.6. The average Bonchev–Trinajstić information content (AvgIpc) is 3.25. The zero-order valence-electron chi connectivity index (χ0n) is 23.8. The Kier molecular flexibility index (Phi) is 9.76. The number of aliphatic hydroxyl groups is 2. The summed E-state index contributed by atoms with van der Waals surface area (Å²) >= 11 is 0. The van der Waals surface area contributed by atoms with Gasteiger partial charge in [-0.15, -0.1) is 0 Å². The topological polar surface area (TPSA) is 80.9 Å². The summed E-state index contributed by atoms with van der Waals surface area (Å²) in [6, 6.07) is 23.8. The van der Waals surface area contributed by atoms with Crippen LogP contribution in [0.2, 0.25) is 0 Å². The van der Waals surface area contributed by atoms with Crippen molar-refractivity contribution in [3.63, 3.8) is 0 Å². The molecule has 0 aliphatic rings. The van der Waals surface area contributed by atoms with Gasteiger partial charge in [-0.05, 0) is 41.3 Å². The molecule has 0 radical (unpaired) electrons. The van der Waals surface area contributed by atoms with E-state index in [9.17, 15) is 19.4 Å². The number of methoxy groups -OCH3 is 1. The summed E-state index contributed by atoms with van der Waals surface area (Å²) in [4.78, 5) is 11.5. The van der Waals surface area contributed by atoms with Crippen LogP contribution in [0.4, 0.5) is 4.39 Å². The van der Waals surface area contributed by atoms with Crippen molar-refractivity contribution in [1.29, 1.82) is 0 Å².